The third-order valence-corrected chi connectivity index (χ3v) is 22.5. The van der Waals surface area contributed by atoms with Crippen LogP contribution in [-0.4, -0.2) is 28.6 Å². The molecule has 2 heteroatoms. The Balaban J connectivity index is 1.88. The molecule has 1 aliphatic heterocycles. The number of hydrogen-bond acceptors (Lipinski definition) is 1. The molecule has 0 aromatic heterocycles. The Hall–Kier alpha value is -0.0213. The van der Waals surface area contributed by atoms with Gasteiger partial charge in [0.1, 0.15) is 0 Å². The zero-order chi connectivity index (χ0) is 18.0. The average molecular weight is 451 g/mol. The molecule has 0 bridgehead atoms. The number of epoxide rings is 1. The van der Waals surface area contributed by atoms with E-state index in [4.69, 9.17) is 4.74 Å². The molecule has 1 aromatic rings. The maximum absolute atomic E-state index is 6.40. The fourth-order valence-electron chi connectivity index (χ4n) is 4.44. The summed E-state index contributed by atoms with van der Waals surface area (Å²) in [6.45, 7) is 7.09. The van der Waals surface area contributed by atoms with Gasteiger partial charge in [-0.1, -0.05) is 0 Å². The Morgan fingerprint density at radius 2 is 1.36 bits per heavy atom. The minimum absolute atomic E-state index is 0.630. The number of hydrogen-bond donors (Lipinski definition) is 0. The van der Waals surface area contributed by atoms with Crippen LogP contribution in [0.5, 0.6) is 0 Å². The molecule has 1 fully saturated rings. The van der Waals surface area contributed by atoms with Crippen LogP contribution in [-0.2, 0) is 11.2 Å². The summed E-state index contributed by atoms with van der Waals surface area (Å²) in [6, 6.07) is 11.0. The second-order valence-electron chi connectivity index (χ2n) is 8.15. The Morgan fingerprint density at radius 1 is 0.800 bits per heavy atom. The second kappa shape index (κ2) is 11.6. The van der Waals surface area contributed by atoms with Gasteiger partial charge in [0.15, 0.2) is 0 Å². The van der Waals surface area contributed by atoms with Crippen LogP contribution in [0.15, 0.2) is 30.3 Å². The van der Waals surface area contributed by atoms with E-state index in [1.165, 1.54) is 63.4 Å². The molecule has 0 radical (unpaired) electrons. The first-order valence-corrected chi connectivity index (χ1v) is 18.7. The third kappa shape index (κ3) is 6.90. The molecule has 0 amide bonds. The van der Waals surface area contributed by atoms with Gasteiger partial charge < -0.3 is 0 Å². The summed E-state index contributed by atoms with van der Waals surface area (Å²) in [7, 11) is 0. The average Bonchev–Trinajstić information content (AvgIpc) is 3.42. The normalized spacial score (nSPS) is 20.0. The van der Waals surface area contributed by atoms with Gasteiger partial charge in [0.25, 0.3) is 0 Å². The Bertz CT molecular complexity index is 437. The molecule has 2 rings (SSSR count). The van der Waals surface area contributed by atoms with Crippen molar-refractivity contribution < 1.29 is 4.74 Å². The molecule has 2 atom stereocenters. The molecule has 0 N–H and O–H groups in total. The monoisotopic (exact) mass is 452 g/mol. The summed E-state index contributed by atoms with van der Waals surface area (Å²) in [4.78, 5) is 0. The van der Waals surface area contributed by atoms with E-state index in [1.807, 2.05) is 0 Å². The minimum atomic E-state index is -2.12. The van der Waals surface area contributed by atoms with Crippen LogP contribution in [0, 0.1) is 0 Å². The standard InChI is InChI=1S/C11H13O.3C4H9.Sn/c1-2-5-10(6-3-1)7-4-8-11-9-12-11;3*1-3-4-2;/h1-3,5-6,9,11H,4,7-8H2;3*1,3-4H2,2H3;/t11-;;;;/m1..../s1. The van der Waals surface area contributed by atoms with Crippen LogP contribution in [0.3, 0.4) is 0 Å². The molecule has 0 unspecified atom stereocenters. The molecule has 0 saturated carbocycles. The van der Waals surface area contributed by atoms with Crippen molar-refractivity contribution in [1.29, 1.82) is 0 Å². The first-order valence-electron chi connectivity index (χ1n) is 10.9. The fraction of sp³-hybridized carbons (Fsp3) is 0.739. The molecule has 0 aliphatic carbocycles. The summed E-state index contributed by atoms with van der Waals surface area (Å²) >= 11 is -2.12. The van der Waals surface area contributed by atoms with Crippen molar-refractivity contribution in [3.8, 4) is 0 Å². The van der Waals surface area contributed by atoms with Crippen LogP contribution in [0.2, 0.25) is 13.3 Å². The Kier molecular flexibility index (Phi) is 9.91. The first kappa shape index (κ1) is 21.3. The van der Waals surface area contributed by atoms with Crippen LogP contribution in [0.1, 0.15) is 77.7 Å². The van der Waals surface area contributed by atoms with Crippen LogP contribution in [0.4, 0.5) is 0 Å². The number of aryl methyl sites for hydroxylation is 1. The van der Waals surface area contributed by atoms with E-state index in [9.17, 15) is 0 Å². The summed E-state index contributed by atoms with van der Waals surface area (Å²) in [6.07, 6.45) is 12.9. The summed E-state index contributed by atoms with van der Waals surface area (Å²) in [5.41, 5.74) is 1.48. The molecule has 0 spiro atoms. The molecular weight excluding hydrogens is 411 g/mol. The second-order valence-corrected chi connectivity index (χ2v) is 21.8. The zero-order valence-electron chi connectivity index (χ0n) is 16.9. The predicted octanol–water partition coefficient (Wildman–Crippen LogP) is 7.17. The number of benzene rings is 1. The molecule has 1 aromatic carbocycles. The van der Waals surface area contributed by atoms with E-state index >= 15 is 0 Å². The molecule has 1 saturated heterocycles. The molecule has 142 valence electrons. The summed E-state index contributed by atoms with van der Waals surface area (Å²) in [5, 5.41) is 0. The van der Waals surface area contributed by atoms with Crippen molar-refractivity contribution in [3.63, 3.8) is 0 Å². The topological polar surface area (TPSA) is 12.5 Å². The third-order valence-electron chi connectivity index (χ3n) is 6.07. The SMILES string of the molecule is CCC[CH2][Sn]([CH2]CCC)([CH2]CCC)[C@@H]1O[C@@H]1CCCc1ccccc1. The Morgan fingerprint density at radius 3 is 1.88 bits per heavy atom. The van der Waals surface area contributed by atoms with Crippen LogP contribution >= 0.6 is 0 Å². The molecule has 1 nitrogen and oxygen atoms in total. The van der Waals surface area contributed by atoms with E-state index < -0.39 is 18.4 Å². The number of ether oxygens (including phenoxy) is 1. The summed E-state index contributed by atoms with van der Waals surface area (Å²) in [5.74, 6) is 0. The van der Waals surface area contributed by atoms with Gasteiger partial charge in [-0.2, -0.15) is 0 Å². The van der Waals surface area contributed by atoms with Crippen LogP contribution < -0.4 is 0 Å². The van der Waals surface area contributed by atoms with E-state index in [0.29, 0.717) is 6.10 Å². The maximum atomic E-state index is 6.40. The van der Waals surface area contributed by atoms with Gasteiger partial charge in [-0.05, 0) is 0 Å². The molecular formula is C23H40OSn. The van der Waals surface area contributed by atoms with Crippen molar-refractivity contribution in [2.75, 3.05) is 0 Å². The summed E-state index contributed by atoms with van der Waals surface area (Å²) < 4.78 is 11.9. The molecule has 1 heterocycles. The van der Waals surface area contributed by atoms with E-state index in [0.717, 1.165) is 4.12 Å². The van der Waals surface area contributed by atoms with Crippen molar-refractivity contribution in [3.05, 3.63) is 35.9 Å². The van der Waals surface area contributed by atoms with Gasteiger partial charge in [-0.3, -0.25) is 0 Å². The zero-order valence-corrected chi connectivity index (χ0v) is 19.8. The number of unbranched alkanes of at least 4 members (excludes halogenated alkanes) is 3. The number of rotatable bonds is 14. The Labute approximate surface area is 160 Å². The van der Waals surface area contributed by atoms with Crippen LogP contribution in [0.25, 0.3) is 0 Å². The van der Waals surface area contributed by atoms with Gasteiger partial charge in [0.05, 0.1) is 0 Å². The van der Waals surface area contributed by atoms with E-state index in [-0.39, 0.29) is 0 Å². The van der Waals surface area contributed by atoms with Crippen molar-refractivity contribution in [2.45, 2.75) is 102 Å². The van der Waals surface area contributed by atoms with Gasteiger partial charge in [0.2, 0.25) is 0 Å². The van der Waals surface area contributed by atoms with Crippen molar-refractivity contribution in [2.24, 2.45) is 0 Å². The van der Waals surface area contributed by atoms with Gasteiger partial charge in [-0.25, -0.2) is 0 Å². The fourth-order valence-corrected chi connectivity index (χ4v) is 22.1. The van der Waals surface area contributed by atoms with E-state index in [1.54, 1.807) is 13.3 Å². The first-order chi connectivity index (χ1) is 12.3. The molecule has 1 aliphatic rings. The van der Waals surface area contributed by atoms with Gasteiger partial charge >= 0.3 is 161 Å². The molecule has 25 heavy (non-hydrogen) atoms. The van der Waals surface area contributed by atoms with E-state index in [2.05, 4.69) is 51.1 Å². The quantitative estimate of drug-likeness (QED) is 0.216. The van der Waals surface area contributed by atoms with Crippen molar-refractivity contribution >= 4 is 18.4 Å². The van der Waals surface area contributed by atoms with Gasteiger partial charge in [0, 0.05) is 0 Å². The van der Waals surface area contributed by atoms with Crippen molar-refractivity contribution in [1.82, 2.24) is 0 Å². The van der Waals surface area contributed by atoms with Gasteiger partial charge in [-0.15, -0.1) is 0 Å². The predicted molar refractivity (Wildman–Crippen MR) is 113 cm³/mol.